The molecule has 0 fully saturated rings. The van der Waals surface area contributed by atoms with Crippen LogP contribution in [0.15, 0.2) is 24.4 Å². The fourth-order valence-electron chi connectivity index (χ4n) is 1.50. The Kier molecular flexibility index (Phi) is 3.49. The van der Waals surface area contributed by atoms with Crippen LogP contribution in [0, 0.1) is 11.6 Å². The number of benzene rings is 1. The molecule has 0 atom stereocenters. The molecule has 0 spiro atoms. The first-order chi connectivity index (χ1) is 8.20. The molecule has 2 aromatic rings. The molecule has 0 saturated carbocycles. The van der Waals surface area contributed by atoms with Gasteiger partial charge in [0.15, 0.2) is 11.6 Å². The summed E-state index contributed by atoms with van der Waals surface area (Å²) in [5.41, 5.74) is 1.44. The van der Waals surface area contributed by atoms with Crippen LogP contribution in [0.2, 0.25) is 0 Å². The number of nitrogens with zero attached hydrogens (tertiary/aromatic N) is 1. The van der Waals surface area contributed by atoms with Crippen molar-refractivity contribution in [1.82, 2.24) is 15.3 Å². The Labute approximate surface area is 97.9 Å². The topological polar surface area (TPSA) is 40.7 Å². The number of aromatic amines is 1. The second-order valence-corrected chi connectivity index (χ2v) is 3.67. The Morgan fingerprint density at radius 1 is 1.29 bits per heavy atom. The van der Waals surface area contributed by atoms with Crippen LogP contribution in [0.3, 0.4) is 0 Å². The zero-order valence-electron chi connectivity index (χ0n) is 9.43. The van der Waals surface area contributed by atoms with Crippen molar-refractivity contribution in [3.63, 3.8) is 0 Å². The molecule has 0 radical (unpaired) electrons. The molecule has 3 nitrogen and oxygen atoms in total. The van der Waals surface area contributed by atoms with Gasteiger partial charge in [0.05, 0.1) is 0 Å². The van der Waals surface area contributed by atoms with E-state index in [0.29, 0.717) is 17.9 Å². The molecule has 2 rings (SSSR count). The van der Waals surface area contributed by atoms with Crippen LogP contribution in [0.5, 0.6) is 0 Å². The third-order valence-electron chi connectivity index (χ3n) is 2.39. The van der Waals surface area contributed by atoms with E-state index in [4.69, 9.17) is 0 Å². The molecule has 5 heteroatoms. The first-order valence-electron chi connectivity index (χ1n) is 5.40. The Balaban J connectivity index is 2.21. The second kappa shape index (κ2) is 5.05. The number of hydrogen-bond acceptors (Lipinski definition) is 2. The maximum absolute atomic E-state index is 13.0. The molecule has 90 valence electrons. The number of halogens is 2. The van der Waals surface area contributed by atoms with Crippen molar-refractivity contribution in [2.45, 2.75) is 13.5 Å². The molecular formula is C12H13F2N3. The Bertz CT molecular complexity index is 508. The number of imidazole rings is 1. The van der Waals surface area contributed by atoms with Crippen molar-refractivity contribution >= 4 is 0 Å². The van der Waals surface area contributed by atoms with Gasteiger partial charge in [-0.25, -0.2) is 13.8 Å². The van der Waals surface area contributed by atoms with Gasteiger partial charge < -0.3 is 10.3 Å². The van der Waals surface area contributed by atoms with E-state index in [-0.39, 0.29) is 0 Å². The number of nitrogens with one attached hydrogen (secondary N) is 2. The first-order valence-corrected chi connectivity index (χ1v) is 5.40. The summed E-state index contributed by atoms with van der Waals surface area (Å²) in [5, 5.41) is 3.14. The molecule has 0 aliphatic heterocycles. The third kappa shape index (κ3) is 2.68. The number of hydrogen-bond donors (Lipinski definition) is 2. The van der Waals surface area contributed by atoms with Gasteiger partial charge >= 0.3 is 0 Å². The monoisotopic (exact) mass is 237 g/mol. The van der Waals surface area contributed by atoms with Gasteiger partial charge in [0.2, 0.25) is 0 Å². The summed E-state index contributed by atoms with van der Waals surface area (Å²) in [5.74, 6) is -1.18. The van der Waals surface area contributed by atoms with Crippen molar-refractivity contribution in [3.05, 3.63) is 41.7 Å². The number of H-pyrrole nitrogens is 1. The largest absolute Gasteiger partial charge is 0.341 e. The summed E-state index contributed by atoms with van der Waals surface area (Å²) in [4.78, 5) is 7.17. The van der Waals surface area contributed by atoms with Gasteiger partial charge in [0.25, 0.3) is 0 Å². The van der Waals surface area contributed by atoms with Crippen molar-refractivity contribution in [2.75, 3.05) is 6.54 Å². The molecule has 17 heavy (non-hydrogen) atoms. The molecule has 1 heterocycles. The fraction of sp³-hybridized carbons (Fsp3) is 0.250. The van der Waals surface area contributed by atoms with E-state index in [2.05, 4.69) is 15.3 Å². The lowest BCUT2D eigenvalue weighted by atomic mass is 10.2. The van der Waals surface area contributed by atoms with Crippen LogP contribution < -0.4 is 5.32 Å². The zero-order chi connectivity index (χ0) is 12.3. The van der Waals surface area contributed by atoms with E-state index in [1.807, 2.05) is 6.92 Å². The smallest absolute Gasteiger partial charge is 0.159 e. The molecule has 0 aliphatic rings. The van der Waals surface area contributed by atoms with E-state index >= 15 is 0 Å². The molecule has 0 amide bonds. The first kappa shape index (κ1) is 11.7. The summed E-state index contributed by atoms with van der Waals surface area (Å²) in [6, 6.07) is 3.72. The zero-order valence-corrected chi connectivity index (χ0v) is 9.43. The maximum atomic E-state index is 13.0. The van der Waals surface area contributed by atoms with Crippen LogP contribution in [0.4, 0.5) is 8.78 Å². The van der Waals surface area contributed by atoms with E-state index in [1.54, 1.807) is 6.20 Å². The highest BCUT2D eigenvalue weighted by Crippen LogP contribution is 2.18. The van der Waals surface area contributed by atoms with Crippen molar-refractivity contribution in [1.29, 1.82) is 0 Å². The molecule has 0 saturated heterocycles. The molecule has 0 unspecified atom stereocenters. The molecule has 0 aliphatic carbocycles. The van der Waals surface area contributed by atoms with Gasteiger partial charge in [-0.05, 0) is 24.7 Å². The molecule has 1 aromatic carbocycles. The molecule has 2 N–H and O–H groups in total. The lowest BCUT2D eigenvalue weighted by molar-refractivity contribution is 0.509. The SMILES string of the molecule is CCNCc1cnc(-c2ccc(F)c(F)c2)[nH]1. The Hall–Kier alpha value is -1.75. The Morgan fingerprint density at radius 2 is 2.12 bits per heavy atom. The van der Waals surface area contributed by atoms with E-state index < -0.39 is 11.6 Å². The lowest BCUT2D eigenvalue weighted by Gasteiger charge is -1.99. The fourth-order valence-corrected chi connectivity index (χ4v) is 1.50. The average molecular weight is 237 g/mol. The third-order valence-corrected chi connectivity index (χ3v) is 2.39. The standard InChI is InChI=1S/C12H13F2N3/c1-2-15-6-9-7-16-12(17-9)8-3-4-10(13)11(14)5-8/h3-5,7,15H,2,6H2,1H3,(H,16,17). The number of aromatic nitrogens is 2. The van der Waals surface area contributed by atoms with Crippen LogP contribution in [-0.4, -0.2) is 16.5 Å². The number of rotatable bonds is 4. The van der Waals surface area contributed by atoms with Gasteiger partial charge in [0.1, 0.15) is 5.82 Å². The molecule has 0 bridgehead atoms. The van der Waals surface area contributed by atoms with Crippen LogP contribution in [-0.2, 0) is 6.54 Å². The van der Waals surface area contributed by atoms with Crippen molar-refractivity contribution in [2.24, 2.45) is 0 Å². The summed E-state index contributed by atoms with van der Waals surface area (Å²) in [7, 11) is 0. The summed E-state index contributed by atoms with van der Waals surface area (Å²) in [6.07, 6.45) is 1.68. The van der Waals surface area contributed by atoms with Crippen molar-refractivity contribution in [3.8, 4) is 11.4 Å². The summed E-state index contributed by atoms with van der Waals surface area (Å²) >= 11 is 0. The van der Waals surface area contributed by atoms with E-state index in [0.717, 1.165) is 24.4 Å². The van der Waals surface area contributed by atoms with Crippen LogP contribution in [0.25, 0.3) is 11.4 Å². The average Bonchev–Trinajstić information content (AvgIpc) is 2.79. The molecule has 1 aromatic heterocycles. The van der Waals surface area contributed by atoms with E-state index in [1.165, 1.54) is 6.07 Å². The van der Waals surface area contributed by atoms with Gasteiger partial charge in [-0.2, -0.15) is 0 Å². The second-order valence-electron chi connectivity index (χ2n) is 3.67. The minimum Gasteiger partial charge on any atom is -0.341 e. The van der Waals surface area contributed by atoms with Gasteiger partial charge in [-0.1, -0.05) is 6.92 Å². The maximum Gasteiger partial charge on any atom is 0.159 e. The summed E-state index contributed by atoms with van der Waals surface area (Å²) < 4.78 is 25.8. The van der Waals surface area contributed by atoms with Gasteiger partial charge in [-0.15, -0.1) is 0 Å². The normalized spacial score (nSPS) is 10.8. The predicted molar refractivity (Wildman–Crippen MR) is 61.3 cm³/mol. The van der Waals surface area contributed by atoms with Gasteiger partial charge in [0, 0.05) is 24.0 Å². The van der Waals surface area contributed by atoms with Gasteiger partial charge in [-0.3, -0.25) is 0 Å². The minimum absolute atomic E-state index is 0.534. The highest BCUT2D eigenvalue weighted by atomic mass is 19.2. The lowest BCUT2D eigenvalue weighted by Crippen LogP contribution is -2.11. The Morgan fingerprint density at radius 3 is 2.82 bits per heavy atom. The minimum atomic E-state index is -0.868. The quantitative estimate of drug-likeness (QED) is 0.857. The highest BCUT2D eigenvalue weighted by Gasteiger charge is 2.07. The van der Waals surface area contributed by atoms with Crippen molar-refractivity contribution < 1.29 is 8.78 Å². The summed E-state index contributed by atoms with van der Waals surface area (Å²) in [6.45, 7) is 3.54. The molecular weight excluding hydrogens is 224 g/mol. The highest BCUT2D eigenvalue weighted by molar-refractivity contribution is 5.55. The van der Waals surface area contributed by atoms with Crippen LogP contribution in [0.1, 0.15) is 12.6 Å². The predicted octanol–water partition coefficient (Wildman–Crippen LogP) is 2.46. The van der Waals surface area contributed by atoms with Crippen LogP contribution >= 0.6 is 0 Å². The van der Waals surface area contributed by atoms with E-state index in [9.17, 15) is 8.78 Å².